The summed E-state index contributed by atoms with van der Waals surface area (Å²) in [6.07, 6.45) is 2.54. The lowest BCUT2D eigenvalue weighted by molar-refractivity contribution is -0.130. The summed E-state index contributed by atoms with van der Waals surface area (Å²) in [5.74, 6) is -1.00. The Labute approximate surface area is 174 Å². The number of hydrazine groups is 1. The highest BCUT2D eigenvalue weighted by Gasteiger charge is 2.73. The molecule has 2 saturated heterocycles. The van der Waals surface area contributed by atoms with Crippen molar-refractivity contribution in [2.45, 2.75) is 45.2 Å². The number of carbonyl (C=O) groups excluding carboxylic acids is 3. The van der Waals surface area contributed by atoms with Gasteiger partial charge in [0.25, 0.3) is 17.7 Å². The fourth-order valence-electron chi connectivity index (χ4n) is 6.69. The largest absolute Gasteiger partial charge is 0.276 e. The molecule has 0 radical (unpaired) electrons. The van der Waals surface area contributed by atoms with E-state index in [-0.39, 0.29) is 29.2 Å². The van der Waals surface area contributed by atoms with Crippen molar-refractivity contribution in [1.82, 2.24) is 14.3 Å². The van der Waals surface area contributed by atoms with E-state index in [1.54, 1.807) is 24.3 Å². The van der Waals surface area contributed by atoms with E-state index in [0.29, 0.717) is 23.5 Å². The number of rotatable bonds is 2. The fourth-order valence-corrected chi connectivity index (χ4v) is 9.26. The molecule has 4 fully saturated rings. The Hall–Kier alpha value is -2.26. The summed E-state index contributed by atoms with van der Waals surface area (Å²) in [7, 11) is -3.72. The lowest BCUT2D eigenvalue weighted by Crippen LogP contribution is -2.47. The van der Waals surface area contributed by atoms with Gasteiger partial charge < -0.3 is 0 Å². The van der Waals surface area contributed by atoms with Crippen LogP contribution in [0.5, 0.6) is 0 Å². The fraction of sp³-hybridized carbons (Fsp3) is 0.571. The second kappa shape index (κ2) is 5.31. The van der Waals surface area contributed by atoms with Crippen LogP contribution in [0.3, 0.4) is 0 Å². The van der Waals surface area contributed by atoms with Crippen molar-refractivity contribution >= 4 is 27.7 Å². The number of hydrogen-bond donors (Lipinski definition) is 0. The molecule has 3 heterocycles. The minimum atomic E-state index is -3.72. The summed E-state index contributed by atoms with van der Waals surface area (Å²) in [6.45, 7) is 4.44. The molecule has 5 atom stereocenters. The molecule has 2 bridgehead atoms. The molecule has 5 aliphatic rings. The number of amides is 3. The third kappa shape index (κ3) is 1.96. The van der Waals surface area contributed by atoms with Crippen LogP contribution >= 0.6 is 0 Å². The third-order valence-corrected chi connectivity index (χ3v) is 10.4. The normalized spacial score (nSPS) is 39.4. The quantitative estimate of drug-likeness (QED) is 0.519. The van der Waals surface area contributed by atoms with Gasteiger partial charge in [-0.1, -0.05) is 26.0 Å². The highest BCUT2D eigenvalue weighted by molar-refractivity contribution is 7.90. The predicted molar refractivity (Wildman–Crippen MR) is 105 cm³/mol. The van der Waals surface area contributed by atoms with Crippen LogP contribution in [-0.2, 0) is 14.8 Å². The van der Waals surface area contributed by atoms with Crippen molar-refractivity contribution in [2.75, 3.05) is 12.3 Å². The monoisotopic (exact) mass is 429 g/mol. The first-order valence-electron chi connectivity index (χ1n) is 10.4. The van der Waals surface area contributed by atoms with Crippen LogP contribution in [-0.4, -0.2) is 64.8 Å². The maximum absolute atomic E-state index is 13.4. The molecule has 3 aliphatic heterocycles. The maximum Gasteiger partial charge on any atom is 0.276 e. The first-order chi connectivity index (χ1) is 14.1. The summed E-state index contributed by atoms with van der Waals surface area (Å²) in [6, 6.07) is 5.44. The van der Waals surface area contributed by atoms with Gasteiger partial charge in [0.1, 0.15) is 6.04 Å². The van der Waals surface area contributed by atoms with Crippen LogP contribution in [0, 0.1) is 16.7 Å². The predicted octanol–water partition coefficient (Wildman–Crippen LogP) is 1.25. The molecule has 0 N–H and O–H groups in total. The molecule has 1 spiro atoms. The first kappa shape index (κ1) is 18.5. The van der Waals surface area contributed by atoms with Crippen LogP contribution in [0.4, 0.5) is 0 Å². The van der Waals surface area contributed by atoms with Gasteiger partial charge in [-0.3, -0.25) is 14.4 Å². The molecule has 6 rings (SSSR count). The van der Waals surface area contributed by atoms with Gasteiger partial charge in [0.2, 0.25) is 10.0 Å². The maximum atomic E-state index is 13.4. The van der Waals surface area contributed by atoms with Crippen molar-refractivity contribution < 1.29 is 22.8 Å². The molecule has 8 nitrogen and oxygen atoms in total. The zero-order valence-corrected chi connectivity index (χ0v) is 17.7. The minimum absolute atomic E-state index is 0.0135. The van der Waals surface area contributed by atoms with Crippen LogP contribution in [0.1, 0.15) is 53.8 Å². The molecule has 30 heavy (non-hydrogen) atoms. The van der Waals surface area contributed by atoms with E-state index < -0.39 is 33.8 Å². The van der Waals surface area contributed by atoms with Gasteiger partial charge in [-0.15, -0.1) is 0 Å². The number of hydrogen-bond acceptors (Lipinski definition) is 6. The number of sulfonamides is 1. The highest BCUT2D eigenvalue weighted by Crippen LogP contribution is 2.70. The molecular formula is C21H23N3O5S. The number of fused-ring (bicyclic) bond motifs is 2. The number of nitrogens with zero attached hydrogens (tertiary/aromatic N) is 3. The smallest absolute Gasteiger partial charge is 0.272 e. The topological polar surface area (TPSA) is 94.8 Å². The summed E-state index contributed by atoms with van der Waals surface area (Å²) in [5.41, 5.74) is 0.110. The van der Waals surface area contributed by atoms with Crippen LogP contribution in [0.2, 0.25) is 0 Å². The van der Waals surface area contributed by atoms with E-state index in [4.69, 9.17) is 0 Å². The molecule has 1 aromatic carbocycles. The van der Waals surface area contributed by atoms with Gasteiger partial charge in [-0.2, -0.15) is 5.01 Å². The van der Waals surface area contributed by atoms with E-state index in [1.807, 2.05) is 0 Å². The summed E-state index contributed by atoms with van der Waals surface area (Å²) < 4.78 is 27.3. The van der Waals surface area contributed by atoms with E-state index in [2.05, 4.69) is 13.8 Å². The van der Waals surface area contributed by atoms with Crippen molar-refractivity contribution in [3.05, 3.63) is 35.4 Å². The molecular weight excluding hydrogens is 406 g/mol. The zero-order valence-electron chi connectivity index (χ0n) is 16.9. The summed E-state index contributed by atoms with van der Waals surface area (Å²) in [4.78, 5) is 38.8. The Kier molecular flexibility index (Phi) is 3.28. The molecule has 2 saturated carbocycles. The average Bonchev–Trinajstić information content (AvgIpc) is 3.25. The van der Waals surface area contributed by atoms with Crippen molar-refractivity contribution in [3.8, 4) is 0 Å². The Morgan fingerprint density at radius 1 is 1.10 bits per heavy atom. The van der Waals surface area contributed by atoms with Crippen LogP contribution < -0.4 is 0 Å². The van der Waals surface area contributed by atoms with E-state index in [9.17, 15) is 22.8 Å². The molecule has 1 aromatic rings. The van der Waals surface area contributed by atoms with E-state index in [0.717, 1.165) is 22.2 Å². The van der Waals surface area contributed by atoms with Gasteiger partial charge >= 0.3 is 0 Å². The summed E-state index contributed by atoms with van der Waals surface area (Å²) >= 11 is 0. The van der Waals surface area contributed by atoms with Crippen molar-refractivity contribution in [3.63, 3.8) is 0 Å². The van der Waals surface area contributed by atoms with E-state index in [1.165, 1.54) is 5.01 Å². The molecule has 158 valence electrons. The lowest BCUT2D eigenvalue weighted by atomic mass is 9.69. The number of imide groups is 1. The summed E-state index contributed by atoms with van der Waals surface area (Å²) in [5, 5.41) is 2.39. The standard InChI is InChI=1S/C21H23N3O5S/c1-20(2)12-7-8-21(20)11-30(28,29)24(16(21)9-12)19(27)15-10-22(15)23-17(25)13-5-3-4-6-14(13)18(23)26/h3-6,12,15-16H,7-11H2,1-2H3/t12-,15-,16-,21-,22?/m1/s1. The average molecular weight is 429 g/mol. The van der Waals surface area contributed by atoms with E-state index >= 15 is 0 Å². The second-order valence-electron chi connectivity index (χ2n) is 9.86. The minimum Gasteiger partial charge on any atom is -0.272 e. The van der Waals surface area contributed by atoms with Crippen molar-refractivity contribution in [1.29, 1.82) is 0 Å². The van der Waals surface area contributed by atoms with Gasteiger partial charge in [-0.25, -0.2) is 17.7 Å². The van der Waals surface area contributed by atoms with Gasteiger partial charge in [-0.05, 0) is 42.7 Å². The number of benzene rings is 1. The third-order valence-electron chi connectivity index (χ3n) is 8.53. The van der Waals surface area contributed by atoms with Crippen molar-refractivity contribution in [2.24, 2.45) is 16.7 Å². The molecule has 0 aromatic heterocycles. The molecule has 1 unspecified atom stereocenters. The van der Waals surface area contributed by atoms with Crippen LogP contribution in [0.15, 0.2) is 24.3 Å². The Morgan fingerprint density at radius 2 is 1.73 bits per heavy atom. The first-order valence-corrected chi connectivity index (χ1v) is 12.0. The van der Waals surface area contributed by atoms with Gasteiger partial charge in [0.05, 0.1) is 22.9 Å². The highest BCUT2D eigenvalue weighted by atomic mass is 32.2. The van der Waals surface area contributed by atoms with Gasteiger partial charge in [0, 0.05) is 12.0 Å². The SMILES string of the molecule is CC1(C)[C@@H]2CC[C@]13CS(=O)(=O)N(C(=O)[C@H]1CN1N1C(=O)c4ccccc4C1=O)[C@@H]3C2. The van der Waals surface area contributed by atoms with Crippen LogP contribution in [0.25, 0.3) is 0 Å². The Balaban J connectivity index is 1.29. The Morgan fingerprint density at radius 3 is 2.33 bits per heavy atom. The molecule has 2 aliphatic carbocycles. The molecule has 9 heteroatoms. The Bertz CT molecular complexity index is 1110. The molecule has 3 amide bonds. The number of carbonyl (C=O) groups is 3. The lowest BCUT2D eigenvalue weighted by Gasteiger charge is -2.37. The second-order valence-corrected chi connectivity index (χ2v) is 11.7. The van der Waals surface area contributed by atoms with Gasteiger partial charge in [0.15, 0.2) is 0 Å². The zero-order chi connectivity index (χ0) is 21.2.